The lowest BCUT2D eigenvalue weighted by molar-refractivity contribution is -0.150. The molecule has 4 atom stereocenters. The summed E-state index contributed by atoms with van der Waals surface area (Å²) in [6.45, 7) is 0. The van der Waals surface area contributed by atoms with Crippen LogP contribution in [-0.4, -0.2) is 37.1 Å². The third-order valence-corrected chi connectivity index (χ3v) is 5.76. The standard InChI is InChI=1S/C16H20INO2/c1-18-12-7-8-14(18)15(16(19)20-2)13(9-12)10-3-5-11(17)6-4-10/h3-6,12-15H,7-9H2,1-2H3/i1-1. The van der Waals surface area contributed by atoms with Gasteiger partial charge >= 0.3 is 5.97 Å². The van der Waals surface area contributed by atoms with E-state index < -0.39 is 0 Å². The van der Waals surface area contributed by atoms with Crippen LogP contribution < -0.4 is 0 Å². The molecule has 2 heterocycles. The highest BCUT2D eigenvalue weighted by molar-refractivity contribution is 14.1. The molecule has 3 rings (SSSR count). The Kier molecular flexibility index (Phi) is 4.04. The average Bonchev–Trinajstić information content (AvgIpc) is 2.70. The molecule has 2 saturated heterocycles. The molecule has 0 N–H and O–H groups in total. The van der Waals surface area contributed by atoms with Crippen molar-refractivity contribution in [3.8, 4) is 0 Å². The van der Waals surface area contributed by atoms with E-state index in [0.29, 0.717) is 18.0 Å². The molecule has 2 aliphatic rings. The van der Waals surface area contributed by atoms with E-state index in [0.717, 1.165) is 12.8 Å². The summed E-state index contributed by atoms with van der Waals surface area (Å²) in [6.07, 6.45) is 3.38. The fourth-order valence-electron chi connectivity index (χ4n) is 3.98. The Hall–Kier alpha value is -0.620. The van der Waals surface area contributed by atoms with E-state index in [-0.39, 0.29) is 11.9 Å². The molecule has 4 heteroatoms. The normalized spacial score (nSPS) is 33.1. The monoisotopic (exact) mass is 384 g/mol. The number of fused-ring (bicyclic) bond motifs is 2. The van der Waals surface area contributed by atoms with Gasteiger partial charge in [0.05, 0.1) is 13.0 Å². The Morgan fingerprint density at radius 2 is 2.00 bits per heavy atom. The average molecular weight is 384 g/mol. The quantitative estimate of drug-likeness (QED) is 0.580. The highest BCUT2D eigenvalue weighted by Gasteiger charge is 2.49. The van der Waals surface area contributed by atoms with E-state index >= 15 is 0 Å². The van der Waals surface area contributed by atoms with Gasteiger partial charge in [0, 0.05) is 21.6 Å². The van der Waals surface area contributed by atoms with E-state index in [4.69, 9.17) is 4.74 Å². The third-order valence-electron chi connectivity index (χ3n) is 5.04. The fourth-order valence-corrected chi connectivity index (χ4v) is 4.34. The number of methoxy groups -OCH3 is 1. The number of carbonyl (C=O) groups excluding carboxylic acids is 1. The van der Waals surface area contributed by atoms with Crippen LogP contribution in [0.25, 0.3) is 0 Å². The molecule has 4 unspecified atom stereocenters. The van der Waals surface area contributed by atoms with Crippen LogP contribution in [0.5, 0.6) is 0 Å². The summed E-state index contributed by atoms with van der Waals surface area (Å²) in [5.74, 6) is 0.225. The van der Waals surface area contributed by atoms with Gasteiger partial charge in [0.25, 0.3) is 0 Å². The molecule has 2 aliphatic heterocycles. The molecular weight excluding hydrogens is 364 g/mol. The first-order valence-electron chi connectivity index (χ1n) is 7.17. The zero-order chi connectivity index (χ0) is 14.3. The topological polar surface area (TPSA) is 29.5 Å². The minimum absolute atomic E-state index is 0.0242. The summed E-state index contributed by atoms with van der Waals surface area (Å²) in [5, 5.41) is 0. The maximum atomic E-state index is 12.3. The molecule has 0 radical (unpaired) electrons. The van der Waals surface area contributed by atoms with Crippen molar-refractivity contribution in [2.24, 2.45) is 5.92 Å². The number of rotatable bonds is 2. The number of piperidine rings is 1. The molecule has 2 bridgehead atoms. The second-order valence-corrected chi connectivity index (χ2v) is 7.15. The van der Waals surface area contributed by atoms with E-state index in [9.17, 15) is 4.79 Å². The van der Waals surface area contributed by atoms with E-state index in [1.807, 2.05) is 0 Å². The lowest BCUT2D eigenvalue weighted by Crippen LogP contribution is -2.49. The molecule has 3 nitrogen and oxygen atoms in total. The second kappa shape index (κ2) is 5.64. The highest BCUT2D eigenvalue weighted by Crippen LogP contribution is 2.46. The van der Waals surface area contributed by atoms with E-state index in [1.54, 1.807) is 0 Å². The van der Waals surface area contributed by atoms with Gasteiger partial charge in [-0.1, -0.05) is 12.1 Å². The van der Waals surface area contributed by atoms with Gasteiger partial charge in [0.15, 0.2) is 0 Å². The lowest BCUT2D eigenvalue weighted by Gasteiger charge is -2.41. The Labute approximate surface area is 133 Å². The summed E-state index contributed by atoms with van der Waals surface area (Å²) < 4.78 is 6.33. The van der Waals surface area contributed by atoms with Crippen LogP contribution in [0.3, 0.4) is 0 Å². The van der Waals surface area contributed by atoms with Gasteiger partial charge in [-0.15, -0.1) is 0 Å². The van der Waals surface area contributed by atoms with Gasteiger partial charge in [-0.2, -0.15) is 0 Å². The highest BCUT2D eigenvalue weighted by atomic mass is 127. The second-order valence-electron chi connectivity index (χ2n) is 5.91. The van der Waals surface area contributed by atoms with Crippen molar-refractivity contribution in [1.29, 1.82) is 0 Å². The van der Waals surface area contributed by atoms with Gasteiger partial charge in [-0.3, -0.25) is 9.69 Å². The minimum Gasteiger partial charge on any atom is -0.469 e. The summed E-state index contributed by atoms with van der Waals surface area (Å²) in [6, 6.07) is 9.56. The summed E-state index contributed by atoms with van der Waals surface area (Å²) in [7, 11) is 3.66. The van der Waals surface area contributed by atoms with Crippen LogP contribution in [-0.2, 0) is 9.53 Å². The van der Waals surface area contributed by atoms with Crippen LogP contribution in [0.2, 0.25) is 0 Å². The lowest BCUT2D eigenvalue weighted by atomic mass is 9.75. The number of hydrogen-bond acceptors (Lipinski definition) is 3. The van der Waals surface area contributed by atoms with Crippen molar-refractivity contribution in [2.75, 3.05) is 14.2 Å². The number of halogens is 1. The molecule has 0 spiro atoms. The van der Waals surface area contributed by atoms with E-state index in [1.165, 1.54) is 22.7 Å². The van der Waals surface area contributed by atoms with Gasteiger partial charge in [0.1, 0.15) is 0 Å². The first-order valence-corrected chi connectivity index (χ1v) is 8.25. The van der Waals surface area contributed by atoms with Crippen molar-refractivity contribution in [1.82, 2.24) is 4.90 Å². The van der Waals surface area contributed by atoms with E-state index in [2.05, 4.69) is 58.8 Å². The van der Waals surface area contributed by atoms with Crippen LogP contribution in [0.4, 0.5) is 0 Å². The molecule has 20 heavy (non-hydrogen) atoms. The van der Waals surface area contributed by atoms with Gasteiger partial charge in [-0.25, -0.2) is 0 Å². The molecule has 0 aliphatic carbocycles. The third kappa shape index (κ3) is 2.37. The summed E-state index contributed by atoms with van der Waals surface area (Å²) >= 11 is 2.32. The minimum atomic E-state index is -0.0502. The summed E-state index contributed by atoms with van der Waals surface area (Å²) in [4.78, 5) is 14.7. The maximum Gasteiger partial charge on any atom is 0.310 e. The molecule has 1 aromatic carbocycles. The Bertz CT molecular complexity index is 502. The number of benzene rings is 1. The summed E-state index contributed by atoms with van der Waals surface area (Å²) in [5.41, 5.74) is 1.28. The first kappa shape index (κ1) is 14.3. The smallest absolute Gasteiger partial charge is 0.310 e. The van der Waals surface area contributed by atoms with Crippen molar-refractivity contribution >= 4 is 28.6 Å². The van der Waals surface area contributed by atoms with Crippen LogP contribution in [0, 0.1) is 9.49 Å². The van der Waals surface area contributed by atoms with Crippen LogP contribution >= 0.6 is 22.6 Å². The largest absolute Gasteiger partial charge is 0.469 e. The number of hydrogen-bond donors (Lipinski definition) is 0. The zero-order valence-corrected chi connectivity index (χ0v) is 14.0. The van der Waals surface area contributed by atoms with Gasteiger partial charge in [0.2, 0.25) is 0 Å². The number of nitrogens with zero attached hydrogens (tertiary/aromatic N) is 1. The predicted octanol–water partition coefficient (Wildman–Crippen LogP) is 3.03. The van der Waals surface area contributed by atoms with Crippen LogP contribution in [0.15, 0.2) is 24.3 Å². The number of ether oxygens (including phenoxy) is 1. The van der Waals surface area contributed by atoms with Crippen molar-refractivity contribution in [3.05, 3.63) is 33.4 Å². The van der Waals surface area contributed by atoms with Gasteiger partial charge < -0.3 is 4.74 Å². The molecule has 0 saturated carbocycles. The molecule has 2 fully saturated rings. The predicted molar refractivity (Wildman–Crippen MR) is 86.6 cm³/mol. The van der Waals surface area contributed by atoms with Crippen molar-refractivity contribution < 1.29 is 9.53 Å². The maximum absolute atomic E-state index is 12.3. The van der Waals surface area contributed by atoms with Crippen molar-refractivity contribution in [2.45, 2.75) is 37.3 Å². The Balaban J connectivity index is 1.95. The van der Waals surface area contributed by atoms with Crippen LogP contribution in [0.1, 0.15) is 30.7 Å². The Morgan fingerprint density at radius 1 is 1.30 bits per heavy atom. The molecular formula is C16H20INO2. The van der Waals surface area contributed by atoms with Gasteiger partial charge in [-0.05, 0) is 66.6 Å². The molecule has 0 aromatic heterocycles. The molecule has 108 valence electrons. The SMILES string of the molecule is COC(=O)C1C(c2ccc(I)cc2)CC2CCC1N2[11CH3]. The zero-order valence-electron chi connectivity index (χ0n) is 11.9. The van der Waals surface area contributed by atoms with Crippen molar-refractivity contribution in [3.63, 3.8) is 0 Å². The fraction of sp³-hybridized carbons (Fsp3) is 0.562. The number of carbonyl (C=O) groups is 1. The Morgan fingerprint density at radius 3 is 2.65 bits per heavy atom. The number of esters is 1. The first-order chi connectivity index (χ1) is 9.61. The molecule has 1 aromatic rings. The molecule has 0 amide bonds.